The van der Waals surface area contributed by atoms with Gasteiger partial charge in [-0.1, -0.05) is 61.7 Å². The second-order valence-corrected chi connectivity index (χ2v) is 8.10. The number of rotatable bonds is 5. The number of carbonyl (C=O) groups excluding carboxylic acids is 1. The Hall–Kier alpha value is -2.46. The molecule has 0 unspecified atom stereocenters. The number of thiazole rings is 1. The highest BCUT2D eigenvalue weighted by atomic mass is 32.1. The third kappa shape index (κ3) is 4.64. The Morgan fingerprint density at radius 1 is 0.963 bits per heavy atom. The van der Waals surface area contributed by atoms with Crippen molar-refractivity contribution in [2.75, 3.05) is 5.32 Å². The summed E-state index contributed by atoms with van der Waals surface area (Å²) in [5.41, 5.74) is 4.04. The van der Waals surface area contributed by atoms with Crippen LogP contribution in [0.4, 0.5) is 5.69 Å². The van der Waals surface area contributed by atoms with E-state index >= 15 is 0 Å². The van der Waals surface area contributed by atoms with E-state index in [0.29, 0.717) is 12.3 Å². The molecule has 0 aliphatic heterocycles. The number of anilines is 1. The van der Waals surface area contributed by atoms with Crippen molar-refractivity contribution in [1.29, 1.82) is 0 Å². The highest BCUT2D eigenvalue weighted by Crippen LogP contribution is 2.30. The normalized spacial score (nSPS) is 14.8. The van der Waals surface area contributed by atoms with Gasteiger partial charge in [-0.25, -0.2) is 4.98 Å². The van der Waals surface area contributed by atoms with Gasteiger partial charge < -0.3 is 5.32 Å². The summed E-state index contributed by atoms with van der Waals surface area (Å²) < 4.78 is 0. The lowest BCUT2D eigenvalue weighted by Crippen LogP contribution is -2.18. The first-order valence-corrected chi connectivity index (χ1v) is 10.6. The number of nitrogens with one attached hydrogen (secondary N) is 1. The number of hydrogen-bond donors (Lipinski definition) is 1. The van der Waals surface area contributed by atoms with Crippen LogP contribution in [-0.2, 0) is 4.79 Å². The topological polar surface area (TPSA) is 42.0 Å². The summed E-state index contributed by atoms with van der Waals surface area (Å²) in [6.45, 7) is 0. The molecule has 1 N–H and O–H groups in total. The van der Waals surface area contributed by atoms with Gasteiger partial charge in [0.2, 0.25) is 5.91 Å². The summed E-state index contributed by atoms with van der Waals surface area (Å²) >= 11 is 1.65. The molecule has 4 rings (SSSR count). The molecule has 27 heavy (non-hydrogen) atoms. The molecule has 0 spiro atoms. The van der Waals surface area contributed by atoms with Crippen LogP contribution >= 0.6 is 11.3 Å². The highest BCUT2D eigenvalue weighted by Gasteiger charge is 2.17. The van der Waals surface area contributed by atoms with Crippen LogP contribution in [0.15, 0.2) is 60.0 Å². The lowest BCUT2D eigenvalue weighted by atomic mass is 9.87. The van der Waals surface area contributed by atoms with E-state index < -0.39 is 0 Å². The van der Waals surface area contributed by atoms with E-state index in [0.717, 1.165) is 27.5 Å². The maximum Gasteiger partial charge on any atom is 0.224 e. The molecular weight excluding hydrogens is 352 g/mol. The summed E-state index contributed by atoms with van der Waals surface area (Å²) in [6, 6.07) is 18.2. The van der Waals surface area contributed by atoms with Gasteiger partial charge in [0, 0.05) is 28.6 Å². The molecule has 1 aliphatic rings. The van der Waals surface area contributed by atoms with Crippen molar-refractivity contribution in [2.45, 2.75) is 38.5 Å². The zero-order valence-electron chi connectivity index (χ0n) is 15.4. The second-order valence-electron chi connectivity index (χ2n) is 7.24. The van der Waals surface area contributed by atoms with Gasteiger partial charge in [0.05, 0.1) is 5.69 Å². The first kappa shape index (κ1) is 17.9. The lowest BCUT2D eigenvalue weighted by molar-refractivity contribution is -0.117. The number of hydrogen-bond acceptors (Lipinski definition) is 3. The molecule has 3 nitrogen and oxygen atoms in total. The smallest absolute Gasteiger partial charge is 0.224 e. The van der Waals surface area contributed by atoms with E-state index in [9.17, 15) is 4.79 Å². The van der Waals surface area contributed by atoms with E-state index in [2.05, 4.69) is 22.8 Å². The molecule has 1 heterocycles. The van der Waals surface area contributed by atoms with Gasteiger partial charge in [-0.2, -0.15) is 0 Å². The molecular formula is C23H24N2OS. The summed E-state index contributed by atoms with van der Waals surface area (Å²) in [4.78, 5) is 17.0. The minimum absolute atomic E-state index is 0.134. The molecule has 1 fully saturated rings. The monoisotopic (exact) mass is 376 g/mol. The Morgan fingerprint density at radius 2 is 1.70 bits per heavy atom. The Bertz CT molecular complexity index is 880. The number of nitrogens with zero attached hydrogens (tertiary/aromatic N) is 1. The number of carbonyl (C=O) groups is 1. The van der Waals surface area contributed by atoms with Gasteiger partial charge in [0.1, 0.15) is 5.01 Å². The van der Waals surface area contributed by atoms with Crippen LogP contribution < -0.4 is 5.32 Å². The predicted octanol–water partition coefficient (Wildman–Crippen LogP) is 6.39. The fourth-order valence-corrected chi connectivity index (χ4v) is 4.54. The van der Waals surface area contributed by atoms with Crippen LogP contribution in [-0.4, -0.2) is 10.9 Å². The molecule has 1 saturated carbocycles. The Morgan fingerprint density at radius 3 is 2.44 bits per heavy atom. The van der Waals surface area contributed by atoms with E-state index in [1.165, 1.54) is 32.1 Å². The average molecular weight is 377 g/mol. The van der Waals surface area contributed by atoms with Crippen molar-refractivity contribution in [3.63, 3.8) is 0 Å². The van der Waals surface area contributed by atoms with E-state index in [1.54, 1.807) is 11.3 Å². The van der Waals surface area contributed by atoms with Crippen LogP contribution in [0.2, 0.25) is 0 Å². The number of benzene rings is 2. The van der Waals surface area contributed by atoms with Gasteiger partial charge in [0.25, 0.3) is 0 Å². The van der Waals surface area contributed by atoms with E-state index in [1.807, 2.05) is 42.5 Å². The van der Waals surface area contributed by atoms with Crippen molar-refractivity contribution in [3.8, 4) is 21.8 Å². The molecule has 1 aromatic heterocycles. The van der Waals surface area contributed by atoms with Gasteiger partial charge in [-0.15, -0.1) is 11.3 Å². The van der Waals surface area contributed by atoms with Crippen LogP contribution in [0.1, 0.15) is 38.5 Å². The van der Waals surface area contributed by atoms with E-state index in [-0.39, 0.29) is 5.91 Å². The van der Waals surface area contributed by atoms with Crippen molar-refractivity contribution < 1.29 is 4.79 Å². The fourth-order valence-electron chi connectivity index (χ4n) is 3.71. The van der Waals surface area contributed by atoms with Gasteiger partial charge in [0.15, 0.2) is 0 Å². The largest absolute Gasteiger partial charge is 0.326 e. The molecule has 2 aromatic carbocycles. The molecule has 0 radical (unpaired) electrons. The zero-order chi connectivity index (χ0) is 18.5. The lowest BCUT2D eigenvalue weighted by Gasteiger charge is -2.20. The summed E-state index contributed by atoms with van der Waals surface area (Å²) in [5.74, 6) is 0.694. The second kappa shape index (κ2) is 8.49. The number of amides is 1. The van der Waals surface area contributed by atoms with Crippen molar-refractivity contribution in [1.82, 2.24) is 4.98 Å². The quantitative estimate of drug-likeness (QED) is 0.561. The summed E-state index contributed by atoms with van der Waals surface area (Å²) in [7, 11) is 0. The maximum atomic E-state index is 12.3. The molecule has 3 aromatic rings. The molecule has 1 amide bonds. The van der Waals surface area contributed by atoms with Gasteiger partial charge in [-0.3, -0.25) is 4.79 Å². The van der Waals surface area contributed by atoms with Crippen molar-refractivity contribution in [3.05, 3.63) is 60.0 Å². The minimum Gasteiger partial charge on any atom is -0.326 e. The zero-order valence-corrected chi connectivity index (χ0v) is 16.2. The SMILES string of the molecule is O=C(CC1CCCCC1)Nc1ccc(-c2csc(-c3ccccc3)n2)cc1. The van der Waals surface area contributed by atoms with Crippen LogP contribution in [0, 0.1) is 5.92 Å². The molecule has 1 aliphatic carbocycles. The van der Waals surface area contributed by atoms with Gasteiger partial charge in [-0.05, 0) is 30.9 Å². The van der Waals surface area contributed by atoms with Crippen LogP contribution in [0.25, 0.3) is 21.8 Å². The van der Waals surface area contributed by atoms with Crippen LogP contribution in [0.3, 0.4) is 0 Å². The summed E-state index contributed by atoms with van der Waals surface area (Å²) in [6.07, 6.45) is 6.90. The molecule has 0 atom stereocenters. The third-order valence-corrected chi connectivity index (χ3v) is 6.08. The maximum absolute atomic E-state index is 12.3. The first-order valence-electron chi connectivity index (χ1n) is 9.69. The fraction of sp³-hybridized carbons (Fsp3) is 0.304. The van der Waals surface area contributed by atoms with Gasteiger partial charge >= 0.3 is 0 Å². The molecule has 4 heteroatoms. The standard InChI is InChI=1S/C23H24N2OS/c26-22(15-17-7-3-1-4-8-17)24-20-13-11-18(12-14-20)21-16-27-23(25-21)19-9-5-2-6-10-19/h2,5-6,9-14,16-17H,1,3-4,7-8,15H2,(H,24,26). The summed E-state index contributed by atoms with van der Waals surface area (Å²) in [5, 5.41) is 6.15. The Labute approximate surface area is 164 Å². The van der Waals surface area contributed by atoms with Crippen molar-refractivity contribution in [2.24, 2.45) is 5.92 Å². The molecule has 138 valence electrons. The highest BCUT2D eigenvalue weighted by molar-refractivity contribution is 7.13. The van der Waals surface area contributed by atoms with Crippen molar-refractivity contribution >= 4 is 22.9 Å². The minimum atomic E-state index is 0.134. The third-order valence-electron chi connectivity index (χ3n) is 5.19. The molecule has 0 saturated heterocycles. The van der Waals surface area contributed by atoms with Crippen LogP contribution in [0.5, 0.6) is 0 Å². The molecule has 0 bridgehead atoms. The van der Waals surface area contributed by atoms with E-state index in [4.69, 9.17) is 4.98 Å². The average Bonchev–Trinajstić information content (AvgIpc) is 3.20. The predicted molar refractivity (Wildman–Crippen MR) is 113 cm³/mol. The Balaban J connectivity index is 1.39. The number of aromatic nitrogens is 1. The first-order chi connectivity index (χ1) is 13.3. The Kier molecular flexibility index (Phi) is 5.64.